The lowest BCUT2D eigenvalue weighted by Crippen LogP contribution is -2.21. The van der Waals surface area contributed by atoms with E-state index in [2.05, 4.69) is 26.2 Å². The van der Waals surface area contributed by atoms with Crippen molar-refractivity contribution in [1.82, 2.24) is 14.6 Å². The van der Waals surface area contributed by atoms with Crippen LogP contribution in [0, 0.1) is 11.3 Å². The number of aromatic nitrogens is 3. The van der Waals surface area contributed by atoms with E-state index in [1.165, 1.54) is 6.20 Å². The zero-order valence-corrected chi connectivity index (χ0v) is 15.7. The maximum absolute atomic E-state index is 10.0. The third-order valence-electron chi connectivity index (χ3n) is 4.86. The molecule has 0 aliphatic carbocycles. The molecule has 1 aliphatic rings. The minimum Gasteiger partial charge on any atom is -0.492 e. The number of nitriles is 1. The molecule has 0 unspecified atom stereocenters. The van der Waals surface area contributed by atoms with Crippen LogP contribution in [0.4, 0.5) is 5.82 Å². The summed E-state index contributed by atoms with van der Waals surface area (Å²) < 4.78 is 7.26. The number of fused-ring (bicyclic) bond motifs is 1. The van der Waals surface area contributed by atoms with Crippen LogP contribution >= 0.6 is 0 Å². The number of hydrogen-bond donors (Lipinski definition) is 1. The van der Waals surface area contributed by atoms with Crippen LogP contribution in [0.25, 0.3) is 27.1 Å². The molecule has 146 valence electrons. The Morgan fingerprint density at radius 3 is 2.97 bits per heavy atom. The highest BCUT2D eigenvalue weighted by Gasteiger charge is 2.31. The van der Waals surface area contributed by atoms with Gasteiger partial charge in [-0.2, -0.15) is 10.4 Å². The molecule has 29 heavy (non-hydrogen) atoms. The topological polar surface area (TPSA) is 135 Å². The van der Waals surface area contributed by atoms with Crippen LogP contribution in [0.2, 0.25) is 0 Å². The summed E-state index contributed by atoms with van der Waals surface area (Å²) in [7, 11) is 0. The van der Waals surface area contributed by atoms with E-state index in [-0.39, 0.29) is 0 Å². The molecule has 4 rings (SSSR count). The number of aliphatic hydroxyl groups is 1. The monoisotopic (exact) mass is 390 g/mol. The molecule has 10 heteroatoms. The number of pyridine rings is 2. The third-order valence-corrected chi connectivity index (χ3v) is 4.86. The van der Waals surface area contributed by atoms with Gasteiger partial charge in [0, 0.05) is 35.3 Å². The second-order valence-electron chi connectivity index (χ2n) is 6.64. The van der Waals surface area contributed by atoms with E-state index < -0.39 is 12.1 Å². The molecule has 1 aliphatic heterocycles. The molecular weight excluding hydrogens is 372 g/mol. The third kappa shape index (κ3) is 3.40. The molecule has 0 amide bonds. The highest BCUT2D eigenvalue weighted by molar-refractivity contribution is 5.85. The average Bonchev–Trinajstić information content (AvgIpc) is 3.31. The Morgan fingerprint density at radius 1 is 1.41 bits per heavy atom. The Morgan fingerprint density at radius 2 is 2.28 bits per heavy atom. The van der Waals surface area contributed by atoms with Crippen molar-refractivity contribution < 1.29 is 9.84 Å². The van der Waals surface area contributed by atoms with Crippen LogP contribution in [0.3, 0.4) is 0 Å². The zero-order chi connectivity index (χ0) is 20.4. The molecule has 0 saturated carbocycles. The Kier molecular flexibility index (Phi) is 4.91. The molecule has 0 aromatic carbocycles. The fraction of sp³-hybridized carbons (Fsp3) is 0.316. The van der Waals surface area contributed by atoms with E-state index in [4.69, 9.17) is 10.3 Å². The van der Waals surface area contributed by atoms with Crippen molar-refractivity contribution in [3.05, 3.63) is 52.8 Å². The highest BCUT2D eigenvalue weighted by Crippen LogP contribution is 2.31. The molecule has 0 spiro atoms. The van der Waals surface area contributed by atoms with Gasteiger partial charge in [-0.05, 0) is 30.7 Å². The zero-order valence-electron chi connectivity index (χ0n) is 15.7. The lowest BCUT2D eigenvalue weighted by Gasteiger charge is -2.17. The van der Waals surface area contributed by atoms with Gasteiger partial charge in [-0.15, -0.1) is 0 Å². The Hall–Kier alpha value is -3.80. The standard InChI is InChI=1S/C19H18N8O2/c1-2-29-14-5-15(19-13(6-20)8-23-27(19)9-14)12-3-4-18(22-7-12)26-10-16(24-25-21)17(28)11-26/h3-5,7-9,16-17,28H,2,10-11H2,1H3/t16-,17-/m0/s1. The minimum atomic E-state index is -0.722. The fourth-order valence-electron chi connectivity index (χ4n) is 3.51. The summed E-state index contributed by atoms with van der Waals surface area (Å²) in [5.74, 6) is 1.32. The highest BCUT2D eigenvalue weighted by atomic mass is 16.5. The van der Waals surface area contributed by atoms with Crippen LogP contribution in [0.15, 0.2) is 41.9 Å². The Balaban J connectivity index is 1.71. The Labute approximate surface area is 166 Å². The largest absolute Gasteiger partial charge is 0.492 e. The van der Waals surface area contributed by atoms with E-state index >= 15 is 0 Å². The molecule has 10 nitrogen and oxygen atoms in total. The first-order valence-corrected chi connectivity index (χ1v) is 9.12. The molecule has 0 radical (unpaired) electrons. The van der Waals surface area contributed by atoms with Crippen molar-refractivity contribution in [2.45, 2.75) is 19.1 Å². The van der Waals surface area contributed by atoms with E-state index in [0.717, 1.165) is 11.1 Å². The van der Waals surface area contributed by atoms with E-state index in [1.54, 1.807) is 16.9 Å². The molecule has 3 aromatic heterocycles. The van der Waals surface area contributed by atoms with E-state index in [9.17, 15) is 10.4 Å². The summed E-state index contributed by atoms with van der Waals surface area (Å²) in [5.41, 5.74) is 11.4. The molecule has 1 fully saturated rings. The predicted octanol–water partition coefficient (Wildman–Crippen LogP) is 2.53. The molecule has 2 atom stereocenters. The minimum absolute atomic E-state index is 0.349. The normalized spacial score (nSPS) is 18.4. The summed E-state index contributed by atoms with van der Waals surface area (Å²) in [6, 6.07) is 7.29. The van der Waals surface area contributed by atoms with Gasteiger partial charge in [-0.25, -0.2) is 9.50 Å². The second-order valence-corrected chi connectivity index (χ2v) is 6.64. The number of anilines is 1. The summed E-state index contributed by atoms with van der Waals surface area (Å²) in [6.45, 7) is 3.17. The molecule has 4 heterocycles. The average molecular weight is 390 g/mol. The quantitative estimate of drug-likeness (QED) is 0.404. The first-order valence-electron chi connectivity index (χ1n) is 9.12. The van der Waals surface area contributed by atoms with Gasteiger partial charge in [0.1, 0.15) is 17.6 Å². The van der Waals surface area contributed by atoms with Gasteiger partial charge in [0.05, 0.1) is 42.2 Å². The number of nitrogens with zero attached hydrogens (tertiary/aromatic N) is 8. The second kappa shape index (κ2) is 7.67. The molecule has 1 N–H and O–H groups in total. The lowest BCUT2D eigenvalue weighted by molar-refractivity contribution is 0.180. The molecule has 3 aromatic rings. The fourth-order valence-corrected chi connectivity index (χ4v) is 3.51. The number of ether oxygens (including phenoxy) is 1. The van der Waals surface area contributed by atoms with Crippen molar-refractivity contribution in [2.75, 3.05) is 24.6 Å². The summed E-state index contributed by atoms with van der Waals surface area (Å²) in [5, 5.41) is 27.3. The van der Waals surface area contributed by atoms with Crippen molar-refractivity contribution in [3.8, 4) is 22.9 Å². The van der Waals surface area contributed by atoms with Crippen molar-refractivity contribution in [2.24, 2.45) is 5.11 Å². The van der Waals surface area contributed by atoms with Gasteiger partial charge in [0.25, 0.3) is 0 Å². The van der Waals surface area contributed by atoms with Crippen molar-refractivity contribution in [1.29, 1.82) is 5.26 Å². The van der Waals surface area contributed by atoms with Gasteiger partial charge < -0.3 is 14.7 Å². The van der Waals surface area contributed by atoms with Crippen LogP contribution in [-0.4, -0.2) is 51.5 Å². The summed E-state index contributed by atoms with van der Waals surface area (Å²) in [6.07, 6.45) is 4.26. The first-order chi connectivity index (χ1) is 14.1. The molecule has 1 saturated heterocycles. The maximum atomic E-state index is 10.0. The van der Waals surface area contributed by atoms with Gasteiger partial charge >= 0.3 is 0 Å². The van der Waals surface area contributed by atoms with Crippen LogP contribution in [0.1, 0.15) is 12.5 Å². The van der Waals surface area contributed by atoms with Gasteiger partial charge in [-0.3, -0.25) is 0 Å². The first kappa shape index (κ1) is 18.6. The van der Waals surface area contributed by atoms with Crippen LogP contribution < -0.4 is 9.64 Å². The Bertz CT molecular complexity index is 1130. The lowest BCUT2D eigenvalue weighted by atomic mass is 10.1. The van der Waals surface area contributed by atoms with Crippen LogP contribution in [0.5, 0.6) is 5.75 Å². The summed E-state index contributed by atoms with van der Waals surface area (Å²) >= 11 is 0. The molecular formula is C19H18N8O2. The smallest absolute Gasteiger partial charge is 0.138 e. The van der Waals surface area contributed by atoms with Gasteiger partial charge in [0.15, 0.2) is 0 Å². The number of hydrogen-bond acceptors (Lipinski definition) is 7. The number of azide groups is 1. The van der Waals surface area contributed by atoms with E-state index in [1.807, 2.05) is 30.0 Å². The van der Waals surface area contributed by atoms with E-state index in [0.29, 0.717) is 42.3 Å². The van der Waals surface area contributed by atoms with Crippen molar-refractivity contribution >= 4 is 11.3 Å². The SMILES string of the molecule is CCOc1cc(-c2ccc(N3C[C@H](N=[N+]=[N-])[C@@H](O)C3)nc2)c2c(C#N)cnn2c1. The number of rotatable bonds is 5. The predicted molar refractivity (Wildman–Crippen MR) is 105 cm³/mol. The summed E-state index contributed by atoms with van der Waals surface area (Å²) in [4.78, 5) is 9.17. The van der Waals surface area contributed by atoms with Crippen molar-refractivity contribution in [3.63, 3.8) is 0 Å². The van der Waals surface area contributed by atoms with Gasteiger partial charge in [-0.1, -0.05) is 5.11 Å². The van der Waals surface area contributed by atoms with Gasteiger partial charge in [0.2, 0.25) is 0 Å². The maximum Gasteiger partial charge on any atom is 0.138 e. The van der Waals surface area contributed by atoms with Crippen LogP contribution in [-0.2, 0) is 0 Å². The number of β-amino-alcohol motifs (C(OH)–C–C–N with tert-alkyl or cyclic N) is 1. The molecule has 0 bridgehead atoms. The number of aliphatic hydroxyl groups excluding tert-OH is 1.